The molecule has 2 rings (SSSR count). The molecular weight excluding hydrogens is 216 g/mol. The van der Waals surface area contributed by atoms with Gasteiger partial charge in [0.2, 0.25) is 0 Å². The van der Waals surface area contributed by atoms with E-state index in [4.69, 9.17) is 9.90 Å². The lowest BCUT2D eigenvalue weighted by Crippen LogP contribution is -2.03. The fourth-order valence-corrected chi connectivity index (χ4v) is 1.08. The van der Waals surface area contributed by atoms with Gasteiger partial charge in [-0.15, -0.1) is 5.10 Å². The molecule has 0 bridgehead atoms. The molecular formula is C8H8N4O4. The Hall–Kier alpha value is -2.64. The second-order valence-electron chi connectivity index (χ2n) is 2.68. The van der Waals surface area contributed by atoms with E-state index in [1.54, 1.807) is 24.3 Å². The summed E-state index contributed by atoms with van der Waals surface area (Å²) in [6.07, 6.45) is -1.33. The Kier molecular flexibility index (Phi) is 3.38. The monoisotopic (exact) mass is 224 g/mol. The predicted octanol–water partition coefficient (Wildman–Crippen LogP) is 1.09. The Balaban J connectivity index is 0.000000280. The molecule has 1 heterocycles. The van der Waals surface area contributed by atoms with Gasteiger partial charge < -0.3 is 21.0 Å². The molecule has 1 amide bonds. The number of hydrogen-bond donors (Lipinski definition) is 3. The zero-order valence-corrected chi connectivity index (χ0v) is 7.95. The average molecular weight is 224 g/mol. The van der Waals surface area contributed by atoms with E-state index >= 15 is 0 Å². The van der Waals surface area contributed by atoms with Crippen LogP contribution in [0.4, 0.5) is 10.6 Å². The summed E-state index contributed by atoms with van der Waals surface area (Å²) in [5.41, 5.74) is 4.64. The van der Waals surface area contributed by atoms with Crippen LogP contribution in [-0.4, -0.2) is 26.3 Å². The number of H-pyrrole nitrogens is 1. The topological polar surface area (TPSA) is 135 Å². The number of para-hydroxylation sites is 1. The molecule has 0 fully saturated rings. The molecule has 0 aliphatic heterocycles. The van der Waals surface area contributed by atoms with Crippen LogP contribution in [0, 0.1) is 10.1 Å². The maximum Gasteiger partial charge on any atom is 0.402 e. The van der Waals surface area contributed by atoms with Crippen molar-refractivity contribution < 1.29 is 14.8 Å². The summed E-state index contributed by atoms with van der Waals surface area (Å²) in [6, 6.07) is 6.91. The second kappa shape index (κ2) is 4.73. The van der Waals surface area contributed by atoms with Crippen LogP contribution in [0.5, 0.6) is 0 Å². The van der Waals surface area contributed by atoms with Crippen molar-refractivity contribution in [2.24, 2.45) is 5.73 Å². The number of nitro groups is 1. The van der Waals surface area contributed by atoms with Crippen LogP contribution in [0.25, 0.3) is 10.9 Å². The molecule has 0 spiro atoms. The first-order chi connectivity index (χ1) is 7.52. The molecule has 16 heavy (non-hydrogen) atoms. The van der Waals surface area contributed by atoms with Crippen molar-refractivity contribution in [3.63, 3.8) is 0 Å². The summed E-state index contributed by atoms with van der Waals surface area (Å²) < 4.78 is 0. The van der Waals surface area contributed by atoms with Crippen molar-refractivity contribution in [1.29, 1.82) is 0 Å². The molecule has 1 aromatic heterocycles. The first-order valence-corrected chi connectivity index (χ1v) is 4.08. The van der Waals surface area contributed by atoms with Gasteiger partial charge in [0, 0.05) is 0 Å². The number of nitrogens with two attached hydrogens (primary N) is 1. The third-order valence-corrected chi connectivity index (χ3v) is 1.62. The van der Waals surface area contributed by atoms with Gasteiger partial charge in [0.25, 0.3) is 0 Å². The van der Waals surface area contributed by atoms with E-state index in [-0.39, 0.29) is 5.82 Å². The number of rotatable bonds is 1. The van der Waals surface area contributed by atoms with E-state index in [0.29, 0.717) is 10.9 Å². The number of hydrogen-bond acceptors (Lipinski definition) is 4. The van der Waals surface area contributed by atoms with Gasteiger partial charge in [0.05, 0.1) is 5.39 Å². The number of carbonyl (C=O) groups is 1. The normalized spacial score (nSPS) is 9.25. The molecule has 0 atom stereocenters. The van der Waals surface area contributed by atoms with Crippen LogP contribution in [-0.2, 0) is 0 Å². The van der Waals surface area contributed by atoms with Crippen molar-refractivity contribution in [3.05, 3.63) is 34.4 Å². The van der Waals surface area contributed by atoms with Crippen molar-refractivity contribution in [2.45, 2.75) is 0 Å². The molecule has 8 nitrogen and oxygen atoms in total. The summed E-state index contributed by atoms with van der Waals surface area (Å²) in [6.45, 7) is 0. The minimum atomic E-state index is -1.33. The fourth-order valence-electron chi connectivity index (χ4n) is 1.08. The number of aromatic nitrogens is 2. The zero-order valence-electron chi connectivity index (χ0n) is 7.95. The summed E-state index contributed by atoms with van der Waals surface area (Å²) >= 11 is 0. The van der Waals surface area contributed by atoms with Gasteiger partial charge in [-0.05, 0) is 17.1 Å². The summed E-state index contributed by atoms with van der Waals surface area (Å²) in [4.78, 5) is 18.7. The Morgan fingerprint density at radius 2 is 2.06 bits per heavy atom. The number of carboxylic acid groups (broad SMARTS) is 1. The molecule has 0 aliphatic carbocycles. The number of nitrogens with zero attached hydrogens (tertiary/aromatic N) is 2. The molecule has 4 N–H and O–H groups in total. The van der Waals surface area contributed by atoms with E-state index in [1.807, 2.05) is 0 Å². The molecule has 8 heteroatoms. The van der Waals surface area contributed by atoms with Gasteiger partial charge in [0.1, 0.15) is 5.52 Å². The predicted molar refractivity (Wildman–Crippen MR) is 55.0 cm³/mol. The third-order valence-electron chi connectivity index (χ3n) is 1.62. The van der Waals surface area contributed by atoms with Crippen LogP contribution >= 0.6 is 0 Å². The molecule has 2 aromatic rings. The number of aromatic amines is 1. The SMILES string of the molecule is NC(=O)O.O=[N+]([O-])c1[nH]nc2ccccc12. The highest BCUT2D eigenvalue weighted by Crippen LogP contribution is 2.20. The van der Waals surface area contributed by atoms with Gasteiger partial charge >= 0.3 is 11.9 Å². The van der Waals surface area contributed by atoms with Crippen LogP contribution in [0.3, 0.4) is 0 Å². The molecule has 0 radical (unpaired) electrons. The number of fused-ring (bicyclic) bond motifs is 1. The van der Waals surface area contributed by atoms with Crippen molar-refractivity contribution >= 4 is 22.8 Å². The molecule has 0 aliphatic rings. The second-order valence-corrected chi connectivity index (χ2v) is 2.68. The van der Waals surface area contributed by atoms with Crippen LogP contribution in [0.2, 0.25) is 0 Å². The Labute approximate surface area is 88.8 Å². The Morgan fingerprint density at radius 3 is 2.62 bits per heavy atom. The fraction of sp³-hybridized carbons (Fsp3) is 0. The number of primary amides is 1. The first kappa shape index (κ1) is 11.4. The van der Waals surface area contributed by atoms with Crippen LogP contribution in [0.15, 0.2) is 24.3 Å². The molecule has 0 saturated heterocycles. The maximum atomic E-state index is 10.4. The Morgan fingerprint density at radius 1 is 1.50 bits per heavy atom. The summed E-state index contributed by atoms with van der Waals surface area (Å²) in [5, 5.41) is 24.3. The minimum Gasteiger partial charge on any atom is -0.465 e. The smallest absolute Gasteiger partial charge is 0.402 e. The van der Waals surface area contributed by atoms with Gasteiger partial charge in [-0.1, -0.05) is 17.2 Å². The highest BCUT2D eigenvalue weighted by molar-refractivity contribution is 5.86. The lowest BCUT2D eigenvalue weighted by atomic mass is 10.2. The lowest BCUT2D eigenvalue weighted by molar-refractivity contribution is -0.387. The number of nitrogens with one attached hydrogen (secondary N) is 1. The van der Waals surface area contributed by atoms with E-state index in [1.165, 1.54) is 0 Å². The van der Waals surface area contributed by atoms with Gasteiger partial charge in [-0.3, -0.25) is 0 Å². The van der Waals surface area contributed by atoms with E-state index in [2.05, 4.69) is 15.9 Å². The first-order valence-electron chi connectivity index (χ1n) is 4.08. The highest BCUT2D eigenvalue weighted by atomic mass is 16.6. The van der Waals surface area contributed by atoms with Gasteiger partial charge in [-0.25, -0.2) is 4.79 Å². The van der Waals surface area contributed by atoms with E-state index in [0.717, 1.165) is 0 Å². The quantitative estimate of drug-likeness (QED) is 0.492. The van der Waals surface area contributed by atoms with Crippen molar-refractivity contribution in [1.82, 2.24) is 10.2 Å². The molecule has 1 aromatic carbocycles. The molecule has 0 saturated carbocycles. The highest BCUT2D eigenvalue weighted by Gasteiger charge is 2.12. The summed E-state index contributed by atoms with van der Waals surface area (Å²) in [5.74, 6) is -0.0504. The van der Waals surface area contributed by atoms with Crippen LogP contribution < -0.4 is 5.73 Å². The largest absolute Gasteiger partial charge is 0.465 e. The standard InChI is InChI=1S/C7H5N3O2.CH3NO2/c11-10(12)7-5-3-1-2-4-6(5)8-9-7;2-1(3)4/h1-4H,(H,8,9);2H2,(H,3,4). The third kappa shape index (κ3) is 2.67. The Bertz CT molecular complexity index is 517. The maximum absolute atomic E-state index is 10.4. The van der Waals surface area contributed by atoms with Gasteiger partial charge in [0.15, 0.2) is 0 Å². The summed E-state index contributed by atoms with van der Waals surface area (Å²) in [7, 11) is 0. The van der Waals surface area contributed by atoms with Gasteiger partial charge in [-0.2, -0.15) is 0 Å². The van der Waals surface area contributed by atoms with Crippen LogP contribution in [0.1, 0.15) is 0 Å². The number of amides is 1. The van der Waals surface area contributed by atoms with E-state index < -0.39 is 11.0 Å². The molecule has 0 unspecified atom stereocenters. The van der Waals surface area contributed by atoms with E-state index in [9.17, 15) is 10.1 Å². The average Bonchev–Trinajstić information content (AvgIpc) is 2.59. The van der Waals surface area contributed by atoms with Crippen molar-refractivity contribution in [3.8, 4) is 0 Å². The molecule has 84 valence electrons. The zero-order chi connectivity index (χ0) is 12.1. The number of benzene rings is 1. The lowest BCUT2D eigenvalue weighted by Gasteiger charge is -1.88. The van der Waals surface area contributed by atoms with Crippen molar-refractivity contribution in [2.75, 3.05) is 0 Å². The minimum absolute atomic E-state index is 0.0504.